The molecule has 2 heteroatoms. The fourth-order valence-corrected chi connectivity index (χ4v) is 3.44. The first-order valence-corrected chi connectivity index (χ1v) is 10.4. The van der Waals surface area contributed by atoms with Gasteiger partial charge in [-0.25, -0.2) is 5.57 Å². The van der Waals surface area contributed by atoms with Crippen LogP contribution in [0.2, 0.25) is 0 Å². The fourth-order valence-electron chi connectivity index (χ4n) is 2.64. The minimum atomic E-state index is 0. The van der Waals surface area contributed by atoms with Crippen LogP contribution in [0.1, 0.15) is 39.5 Å². The predicted molar refractivity (Wildman–Crippen MR) is 103 cm³/mol. The molecule has 2 aromatic rings. The molecule has 0 amide bonds. The maximum Gasteiger partial charge on any atom is 0 e. The Hall–Kier alpha value is -0.390. The van der Waals surface area contributed by atoms with Crippen molar-refractivity contribution >= 4 is 24.0 Å². The van der Waals surface area contributed by atoms with Crippen molar-refractivity contribution in [3.8, 4) is 0 Å². The molecular formula is C21H27HfP-2. The fraction of sp³-hybridized carbons (Fsp3) is 0.381. The molecule has 1 aliphatic carbocycles. The molecule has 0 nitrogen and oxygen atoms in total. The van der Waals surface area contributed by atoms with Gasteiger partial charge in [0.2, 0.25) is 0 Å². The summed E-state index contributed by atoms with van der Waals surface area (Å²) < 4.78 is 0. The molecular weight excluding hydrogens is 462 g/mol. The monoisotopic (exact) mass is 490 g/mol. The van der Waals surface area contributed by atoms with Crippen LogP contribution in [0.3, 0.4) is 0 Å². The van der Waals surface area contributed by atoms with Crippen molar-refractivity contribution < 1.29 is 25.8 Å². The molecule has 122 valence electrons. The van der Waals surface area contributed by atoms with E-state index in [-0.39, 0.29) is 33.8 Å². The van der Waals surface area contributed by atoms with Crippen LogP contribution in [0.25, 0.3) is 10.8 Å². The van der Waals surface area contributed by atoms with Crippen LogP contribution in [-0.4, -0.2) is 13.3 Å². The second-order valence-electron chi connectivity index (χ2n) is 6.08. The molecule has 3 rings (SSSR count). The molecule has 0 heterocycles. The Morgan fingerprint density at radius 2 is 1.96 bits per heavy atom. The van der Waals surface area contributed by atoms with Gasteiger partial charge in [0.05, 0.1) is 0 Å². The van der Waals surface area contributed by atoms with Crippen LogP contribution < -0.4 is 5.30 Å². The average Bonchev–Trinajstić information content (AvgIpc) is 3.11. The van der Waals surface area contributed by atoms with Gasteiger partial charge >= 0.3 is 0 Å². The van der Waals surface area contributed by atoms with E-state index in [1.807, 2.05) is 0 Å². The Morgan fingerprint density at radius 3 is 2.52 bits per heavy atom. The minimum absolute atomic E-state index is 0. The number of hydrogen-bond acceptors (Lipinski definition) is 0. The molecule has 0 aromatic heterocycles. The summed E-state index contributed by atoms with van der Waals surface area (Å²) in [5, 5.41) is 4.26. The second-order valence-corrected chi connectivity index (χ2v) is 8.38. The molecule has 0 saturated heterocycles. The van der Waals surface area contributed by atoms with Gasteiger partial charge in [-0.2, -0.15) is 17.7 Å². The van der Waals surface area contributed by atoms with Crippen molar-refractivity contribution in [2.75, 3.05) is 13.3 Å². The van der Waals surface area contributed by atoms with E-state index in [4.69, 9.17) is 0 Å². The SMILES string of the molecule is CCCCC1=CC[C-]=C1C.CP(C)c1cc2ccccc2[cH-]1.[Hf]. The Balaban J connectivity index is 0.000000224. The van der Waals surface area contributed by atoms with Gasteiger partial charge in [-0.15, -0.1) is 54.7 Å². The van der Waals surface area contributed by atoms with Crippen LogP contribution in [0.15, 0.2) is 53.6 Å². The third-order valence-corrected chi connectivity index (χ3v) is 5.41. The van der Waals surface area contributed by atoms with Gasteiger partial charge in [-0.3, -0.25) is 6.08 Å². The molecule has 0 bridgehead atoms. The first kappa shape index (κ1) is 20.7. The van der Waals surface area contributed by atoms with E-state index in [9.17, 15) is 0 Å². The van der Waals surface area contributed by atoms with Crippen LogP contribution in [-0.2, 0) is 25.8 Å². The van der Waals surface area contributed by atoms with E-state index in [0.29, 0.717) is 0 Å². The molecule has 0 atom stereocenters. The summed E-state index contributed by atoms with van der Waals surface area (Å²) in [7, 11) is 0.0576. The summed E-state index contributed by atoms with van der Waals surface area (Å²) in [5.41, 5.74) is 2.91. The summed E-state index contributed by atoms with van der Waals surface area (Å²) in [4.78, 5) is 0. The molecule has 0 fully saturated rings. The predicted octanol–water partition coefficient (Wildman–Crippen LogP) is 6.18. The molecule has 2 aromatic carbocycles. The van der Waals surface area contributed by atoms with Gasteiger partial charge in [0, 0.05) is 25.8 Å². The van der Waals surface area contributed by atoms with E-state index in [2.05, 4.69) is 75.7 Å². The van der Waals surface area contributed by atoms with E-state index in [1.54, 1.807) is 0 Å². The molecule has 0 radical (unpaired) electrons. The second kappa shape index (κ2) is 10.5. The van der Waals surface area contributed by atoms with Crippen LogP contribution in [0, 0.1) is 6.08 Å². The summed E-state index contributed by atoms with van der Waals surface area (Å²) in [6.45, 7) is 8.99. The normalized spacial score (nSPS) is 13.3. The molecule has 0 saturated carbocycles. The molecule has 0 N–H and O–H groups in total. The van der Waals surface area contributed by atoms with E-state index < -0.39 is 0 Å². The smallest absolute Gasteiger partial charge is 0 e. The van der Waals surface area contributed by atoms with Crippen LogP contribution in [0.4, 0.5) is 0 Å². The Morgan fingerprint density at radius 1 is 1.22 bits per heavy atom. The van der Waals surface area contributed by atoms with Gasteiger partial charge < -0.3 is 0 Å². The van der Waals surface area contributed by atoms with E-state index in [0.717, 1.165) is 6.42 Å². The zero-order valence-electron chi connectivity index (χ0n) is 14.8. The van der Waals surface area contributed by atoms with Gasteiger partial charge in [-0.05, 0) is 13.3 Å². The quantitative estimate of drug-likeness (QED) is 0.274. The zero-order chi connectivity index (χ0) is 15.9. The molecule has 23 heavy (non-hydrogen) atoms. The first-order chi connectivity index (χ1) is 10.6. The molecule has 0 spiro atoms. The summed E-state index contributed by atoms with van der Waals surface area (Å²) in [6.07, 6.45) is 10.5. The number of hydrogen-bond donors (Lipinski definition) is 0. The first-order valence-electron chi connectivity index (χ1n) is 8.21. The van der Waals surface area contributed by atoms with E-state index >= 15 is 0 Å². The number of rotatable bonds is 4. The number of unbranched alkanes of at least 4 members (excludes halogenated alkanes) is 1. The maximum absolute atomic E-state index is 3.30. The third-order valence-electron chi connectivity index (χ3n) is 4.12. The van der Waals surface area contributed by atoms with Gasteiger partial charge in [0.15, 0.2) is 0 Å². The van der Waals surface area contributed by atoms with Gasteiger partial charge in [0.1, 0.15) is 0 Å². The topological polar surface area (TPSA) is 0 Å². The zero-order valence-corrected chi connectivity index (χ0v) is 19.3. The third kappa shape index (κ3) is 6.20. The van der Waals surface area contributed by atoms with Gasteiger partial charge in [-0.1, -0.05) is 39.2 Å². The van der Waals surface area contributed by atoms with Crippen molar-refractivity contribution in [1.29, 1.82) is 0 Å². The molecule has 1 aliphatic rings. The van der Waals surface area contributed by atoms with Crippen molar-refractivity contribution in [3.63, 3.8) is 0 Å². The maximum atomic E-state index is 3.30. The Kier molecular flexibility index (Phi) is 9.40. The average molecular weight is 489 g/mol. The van der Waals surface area contributed by atoms with E-state index in [1.165, 1.54) is 46.5 Å². The van der Waals surface area contributed by atoms with Crippen molar-refractivity contribution in [1.82, 2.24) is 0 Å². The van der Waals surface area contributed by atoms with Crippen molar-refractivity contribution in [3.05, 3.63) is 59.7 Å². The number of allylic oxidation sites excluding steroid dienone is 4. The standard InChI is InChI=1S/C11H12P.C10H15.Hf/c1-12(2)11-7-9-5-3-4-6-10(9)8-11;1-3-4-7-10-8-5-6-9(10)2;/h3-8H,1-2H3;8H,3-5,7H2,1-2H3;/q2*-1;. The number of benzene rings is 1. The Labute approximate surface area is 162 Å². The van der Waals surface area contributed by atoms with Crippen molar-refractivity contribution in [2.45, 2.75) is 39.5 Å². The van der Waals surface area contributed by atoms with Crippen LogP contribution >= 0.6 is 7.92 Å². The minimum Gasteiger partial charge on any atom is -0.269 e. The molecule has 0 unspecified atom stereocenters. The summed E-state index contributed by atoms with van der Waals surface area (Å²) in [6, 6.07) is 13.2. The van der Waals surface area contributed by atoms with Crippen molar-refractivity contribution in [2.24, 2.45) is 0 Å². The number of fused-ring (bicyclic) bond motifs is 1. The molecule has 0 aliphatic heterocycles. The van der Waals surface area contributed by atoms with Crippen LogP contribution in [0.5, 0.6) is 0 Å². The summed E-state index contributed by atoms with van der Waals surface area (Å²) >= 11 is 0. The Bertz CT molecular complexity index is 628. The van der Waals surface area contributed by atoms with Gasteiger partial charge in [0.25, 0.3) is 0 Å². The largest absolute Gasteiger partial charge is 0.269 e. The summed E-state index contributed by atoms with van der Waals surface area (Å²) in [5.74, 6) is 0.